The van der Waals surface area contributed by atoms with Crippen LogP contribution in [0.25, 0.3) is 22.3 Å². The highest BCUT2D eigenvalue weighted by molar-refractivity contribution is 5.77. The first-order valence-corrected chi connectivity index (χ1v) is 13.0. The average molecular weight is 519 g/mol. The Bertz CT molecular complexity index is 1680. The van der Waals surface area contributed by atoms with Crippen molar-refractivity contribution in [1.29, 1.82) is 5.26 Å². The molecule has 1 fully saturated rings. The van der Waals surface area contributed by atoms with E-state index in [0.717, 1.165) is 53.3 Å². The Balaban J connectivity index is 1.18. The summed E-state index contributed by atoms with van der Waals surface area (Å²) in [6, 6.07) is 26.5. The summed E-state index contributed by atoms with van der Waals surface area (Å²) in [6.07, 6.45) is 2.05. The molecule has 0 N–H and O–H groups in total. The van der Waals surface area contributed by atoms with E-state index in [1.54, 1.807) is 18.2 Å². The van der Waals surface area contributed by atoms with Gasteiger partial charge in [-0.25, -0.2) is 14.4 Å². The summed E-state index contributed by atoms with van der Waals surface area (Å²) in [5.74, 6) is 0.967. The number of rotatable bonds is 8. The number of benzene rings is 3. The normalized spacial score (nSPS) is 14.6. The zero-order valence-electron chi connectivity index (χ0n) is 21.6. The molecule has 6 rings (SSSR count). The van der Waals surface area contributed by atoms with Gasteiger partial charge in [0.1, 0.15) is 18.2 Å². The third kappa shape index (κ3) is 5.38. The minimum atomic E-state index is -0.468. The van der Waals surface area contributed by atoms with Crippen LogP contribution in [0.3, 0.4) is 0 Å². The lowest BCUT2D eigenvalue weighted by Gasteiger charge is -2.27. The van der Waals surface area contributed by atoms with E-state index in [1.807, 2.05) is 30.3 Å². The molecule has 3 aromatic carbocycles. The molecule has 0 aliphatic carbocycles. The number of pyridine rings is 1. The molecule has 194 valence electrons. The molecule has 0 bridgehead atoms. The molecule has 1 saturated heterocycles. The van der Waals surface area contributed by atoms with E-state index in [9.17, 15) is 4.39 Å². The van der Waals surface area contributed by atoms with Crippen LogP contribution < -0.4 is 4.74 Å². The van der Waals surface area contributed by atoms with Crippen molar-refractivity contribution in [2.45, 2.75) is 39.0 Å². The lowest BCUT2D eigenvalue weighted by atomic mass is 10.1. The number of halogens is 1. The van der Waals surface area contributed by atoms with Crippen molar-refractivity contribution < 1.29 is 13.9 Å². The number of imidazole rings is 1. The fraction of sp³-hybridized carbons (Fsp3) is 0.219. The topological polar surface area (TPSA) is 73.0 Å². The van der Waals surface area contributed by atoms with Gasteiger partial charge in [0.2, 0.25) is 5.88 Å². The number of aromatic nitrogens is 3. The lowest BCUT2D eigenvalue weighted by molar-refractivity contribution is -0.0589. The van der Waals surface area contributed by atoms with Gasteiger partial charge < -0.3 is 14.0 Å². The second kappa shape index (κ2) is 10.7. The quantitative estimate of drug-likeness (QED) is 0.238. The molecule has 0 radical (unpaired) electrons. The van der Waals surface area contributed by atoms with Crippen LogP contribution in [-0.4, -0.2) is 27.2 Å². The first-order valence-electron chi connectivity index (χ1n) is 13.0. The molecule has 1 aliphatic heterocycles. The van der Waals surface area contributed by atoms with Gasteiger partial charge in [0, 0.05) is 30.2 Å². The summed E-state index contributed by atoms with van der Waals surface area (Å²) in [7, 11) is 0. The Hall–Kier alpha value is -4.54. The molecule has 0 spiro atoms. The number of hydrogen-bond donors (Lipinski definition) is 0. The van der Waals surface area contributed by atoms with Crippen LogP contribution in [0.2, 0.25) is 0 Å². The largest absolute Gasteiger partial charge is 0.473 e. The van der Waals surface area contributed by atoms with Gasteiger partial charge in [-0.3, -0.25) is 0 Å². The Labute approximate surface area is 226 Å². The van der Waals surface area contributed by atoms with Gasteiger partial charge in [0.25, 0.3) is 0 Å². The molecule has 1 atom stereocenters. The Morgan fingerprint density at radius 3 is 2.64 bits per heavy atom. The number of hydrogen-bond acceptors (Lipinski definition) is 5. The highest BCUT2D eigenvalue weighted by Crippen LogP contribution is 2.25. The van der Waals surface area contributed by atoms with Crippen molar-refractivity contribution in [2.75, 3.05) is 6.61 Å². The number of nitrogens with zero attached hydrogens (tertiary/aromatic N) is 4. The smallest absolute Gasteiger partial charge is 0.214 e. The van der Waals surface area contributed by atoms with Crippen molar-refractivity contribution >= 4 is 11.0 Å². The van der Waals surface area contributed by atoms with Crippen molar-refractivity contribution in [3.8, 4) is 23.2 Å². The van der Waals surface area contributed by atoms with E-state index < -0.39 is 5.82 Å². The van der Waals surface area contributed by atoms with Gasteiger partial charge in [0.05, 0.1) is 41.0 Å². The molecule has 0 saturated carbocycles. The predicted molar refractivity (Wildman–Crippen MR) is 147 cm³/mol. The summed E-state index contributed by atoms with van der Waals surface area (Å²) < 4.78 is 28.0. The number of ether oxygens (including phenoxy) is 2. The summed E-state index contributed by atoms with van der Waals surface area (Å²) in [5.41, 5.74) is 6.91. The second-order valence-corrected chi connectivity index (χ2v) is 9.85. The fourth-order valence-electron chi connectivity index (χ4n) is 4.77. The molecule has 0 amide bonds. The maximum absolute atomic E-state index is 14.2. The summed E-state index contributed by atoms with van der Waals surface area (Å²) in [6.45, 7) is 3.78. The maximum Gasteiger partial charge on any atom is 0.214 e. The van der Waals surface area contributed by atoms with Crippen LogP contribution in [0.4, 0.5) is 4.39 Å². The van der Waals surface area contributed by atoms with Gasteiger partial charge in [-0.1, -0.05) is 42.5 Å². The van der Waals surface area contributed by atoms with E-state index in [0.29, 0.717) is 17.9 Å². The molecule has 6 nitrogen and oxygen atoms in total. The van der Waals surface area contributed by atoms with E-state index in [-0.39, 0.29) is 18.3 Å². The summed E-state index contributed by atoms with van der Waals surface area (Å²) in [5, 5.41) is 8.92. The third-order valence-electron chi connectivity index (χ3n) is 7.06. The van der Waals surface area contributed by atoms with Gasteiger partial charge in [-0.2, -0.15) is 5.26 Å². The number of fused-ring (bicyclic) bond motifs is 1. The van der Waals surface area contributed by atoms with Crippen LogP contribution in [0.15, 0.2) is 78.9 Å². The van der Waals surface area contributed by atoms with Gasteiger partial charge in [0.15, 0.2) is 0 Å². The van der Waals surface area contributed by atoms with Crippen LogP contribution >= 0.6 is 0 Å². The average Bonchev–Trinajstić information content (AvgIpc) is 3.26. The highest BCUT2D eigenvalue weighted by atomic mass is 19.1. The summed E-state index contributed by atoms with van der Waals surface area (Å²) in [4.78, 5) is 9.56. The molecule has 1 aliphatic rings. The first kappa shape index (κ1) is 24.8. The zero-order chi connectivity index (χ0) is 26.8. The molecule has 7 heteroatoms. The fourth-order valence-corrected chi connectivity index (χ4v) is 4.77. The monoisotopic (exact) mass is 518 g/mol. The van der Waals surface area contributed by atoms with Crippen molar-refractivity contribution in [3.05, 3.63) is 113 Å². The van der Waals surface area contributed by atoms with Crippen LogP contribution in [0.1, 0.15) is 34.5 Å². The molecule has 3 heterocycles. The standard InChI is InChI=1S/C32H27FN4O2/c1-21-5-12-29-30(15-21)37(19-26-13-14-38-26)31(35-29)17-22-6-9-24(10-7-22)28-3-2-4-32(36-28)39-20-25-11-8-23(18-34)16-27(25)33/h2-12,15-16,26H,13-14,17,19-20H2,1H3. The van der Waals surface area contributed by atoms with Crippen molar-refractivity contribution in [1.82, 2.24) is 14.5 Å². The van der Waals surface area contributed by atoms with Crippen molar-refractivity contribution in [2.24, 2.45) is 0 Å². The molecule has 1 unspecified atom stereocenters. The molecule has 5 aromatic rings. The SMILES string of the molecule is Cc1ccc2nc(Cc3ccc(-c4cccc(OCc5ccc(C#N)cc5F)n4)cc3)n(CC3CCO3)c2c1. The molecular formula is C32H27FN4O2. The zero-order valence-corrected chi connectivity index (χ0v) is 21.6. The Kier molecular flexibility index (Phi) is 6.78. The maximum atomic E-state index is 14.2. The van der Waals surface area contributed by atoms with Crippen LogP contribution in [0.5, 0.6) is 5.88 Å². The van der Waals surface area contributed by atoms with Gasteiger partial charge in [-0.15, -0.1) is 0 Å². The molecular weight excluding hydrogens is 491 g/mol. The Morgan fingerprint density at radius 1 is 1.05 bits per heavy atom. The molecule has 2 aromatic heterocycles. The highest BCUT2D eigenvalue weighted by Gasteiger charge is 2.22. The first-order chi connectivity index (χ1) is 19.1. The van der Waals surface area contributed by atoms with E-state index >= 15 is 0 Å². The Morgan fingerprint density at radius 2 is 1.90 bits per heavy atom. The predicted octanol–water partition coefficient (Wildman–Crippen LogP) is 6.38. The van der Waals surface area contributed by atoms with Crippen LogP contribution in [0, 0.1) is 24.1 Å². The number of aryl methyl sites for hydroxylation is 1. The van der Waals surface area contributed by atoms with E-state index in [2.05, 4.69) is 46.8 Å². The van der Waals surface area contributed by atoms with Gasteiger partial charge >= 0.3 is 0 Å². The molecule has 39 heavy (non-hydrogen) atoms. The minimum Gasteiger partial charge on any atom is -0.473 e. The summed E-state index contributed by atoms with van der Waals surface area (Å²) >= 11 is 0. The lowest BCUT2D eigenvalue weighted by Crippen LogP contribution is -2.31. The van der Waals surface area contributed by atoms with E-state index in [1.165, 1.54) is 11.6 Å². The minimum absolute atomic E-state index is 0.0271. The second-order valence-electron chi connectivity index (χ2n) is 9.85. The van der Waals surface area contributed by atoms with Gasteiger partial charge in [-0.05, 0) is 54.8 Å². The van der Waals surface area contributed by atoms with E-state index in [4.69, 9.17) is 19.7 Å². The van der Waals surface area contributed by atoms with Crippen LogP contribution in [-0.2, 0) is 24.3 Å². The van der Waals surface area contributed by atoms with Crippen molar-refractivity contribution in [3.63, 3.8) is 0 Å². The number of nitriles is 1. The third-order valence-corrected chi connectivity index (χ3v) is 7.06.